The fraction of sp³-hybridized carbons (Fsp3) is 0.357. The van der Waals surface area contributed by atoms with Gasteiger partial charge in [0.15, 0.2) is 0 Å². The second-order valence-electron chi connectivity index (χ2n) is 4.75. The van der Waals surface area contributed by atoms with Crippen molar-refractivity contribution < 1.29 is 9.53 Å². The number of benzene rings is 1. The van der Waals surface area contributed by atoms with Gasteiger partial charge in [-0.05, 0) is 25.0 Å². The summed E-state index contributed by atoms with van der Waals surface area (Å²) in [6.07, 6.45) is 3.97. The van der Waals surface area contributed by atoms with Gasteiger partial charge in [-0.2, -0.15) is 0 Å². The average Bonchev–Trinajstić information content (AvgIpc) is 2.80. The molecule has 3 rings (SSSR count). The smallest absolute Gasteiger partial charge is 0.253 e. The summed E-state index contributed by atoms with van der Waals surface area (Å²) in [5.41, 5.74) is 1.61. The van der Waals surface area contributed by atoms with E-state index in [0.717, 1.165) is 23.7 Å². The van der Waals surface area contributed by atoms with Crippen LogP contribution in [0, 0.1) is 0 Å². The number of nitrogens with one attached hydrogen (secondary N) is 2. The molecule has 2 N–H and O–H groups in total. The molecule has 0 atom stereocenters. The third-order valence-corrected chi connectivity index (χ3v) is 3.60. The summed E-state index contributed by atoms with van der Waals surface area (Å²) in [6.45, 7) is 0. The van der Waals surface area contributed by atoms with Crippen LogP contribution in [-0.4, -0.2) is 30.1 Å². The van der Waals surface area contributed by atoms with Gasteiger partial charge in [-0.15, -0.1) is 0 Å². The third kappa shape index (κ3) is 1.88. The Balaban J connectivity index is 1.74. The fourth-order valence-electron chi connectivity index (χ4n) is 2.41. The molecule has 0 radical (unpaired) electrons. The summed E-state index contributed by atoms with van der Waals surface area (Å²) < 4.78 is 5.20. The molecule has 0 unspecified atom stereocenters. The largest absolute Gasteiger partial charge is 0.381 e. The summed E-state index contributed by atoms with van der Waals surface area (Å²) in [5, 5.41) is 4.10. The van der Waals surface area contributed by atoms with E-state index in [1.54, 1.807) is 7.11 Å². The summed E-state index contributed by atoms with van der Waals surface area (Å²) >= 11 is 0. The maximum Gasteiger partial charge on any atom is 0.253 e. The Hall–Kier alpha value is -1.81. The maximum absolute atomic E-state index is 12.2. The molecule has 1 fully saturated rings. The molecule has 1 heterocycles. The van der Waals surface area contributed by atoms with Crippen LogP contribution in [0.4, 0.5) is 0 Å². The highest BCUT2D eigenvalue weighted by Gasteiger charge is 2.30. The first kappa shape index (κ1) is 11.3. The van der Waals surface area contributed by atoms with Gasteiger partial charge in [0, 0.05) is 24.7 Å². The van der Waals surface area contributed by atoms with Crippen molar-refractivity contribution in [2.45, 2.75) is 25.0 Å². The van der Waals surface area contributed by atoms with Gasteiger partial charge in [0.2, 0.25) is 0 Å². The van der Waals surface area contributed by atoms with Gasteiger partial charge in [-0.1, -0.05) is 12.1 Å². The molecule has 0 bridgehead atoms. The lowest BCUT2D eigenvalue weighted by Gasteiger charge is -2.34. The number of carbonyl (C=O) groups excluding carboxylic acids is 1. The second kappa shape index (κ2) is 4.46. The molecule has 1 aromatic carbocycles. The van der Waals surface area contributed by atoms with Crippen molar-refractivity contribution in [1.82, 2.24) is 10.3 Å². The van der Waals surface area contributed by atoms with Gasteiger partial charge < -0.3 is 15.0 Å². The van der Waals surface area contributed by atoms with Gasteiger partial charge in [0.25, 0.3) is 5.91 Å². The molecular weight excluding hydrogens is 228 g/mol. The number of ether oxygens (including phenoxy) is 1. The van der Waals surface area contributed by atoms with Crippen LogP contribution in [-0.2, 0) is 4.74 Å². The zero-order valence-corrected chi connectivity index (χ0v) is 10.3. The van der Waals surface area contributed by atoms with E-state index >= 15 is 0 Å². The first-order valence-corrected chi connectivity index (χ1v) is 6.17. The molecule has 0 saturated heterocycles. The molecule has 1 saturated carbocycles. The van der Waals surface area contributed by atoms with E-state index in [9.17, 15) is 4.79 Å². The van der Waals surface area contributed by atoms with Crippen molar-refractivity contribution in [2.75, 3.05) is 7.11 Å². The minimum absolute atomic E-state index is 0.0115. The van der Waals surface area contributed by atoms with Crippen LogP contribution in [0.1, 0.15) is 23.2 Å². The normalized spacial score (nSPS) is 22.7. The van der Waals surface area contributed by atoms with Crippen molar-refractivity contribution in [2.24, 2.45) is 0 Å². The standard InChI is InChI=1S/C14H16N2O2/c1-18-11-7-10(8-11)16-14(17)12-4-2-3-9-5-6-15-13(9)12/h2-6,10-11,15H,7-8H2,1H3,(H,16,17). The van der Waals surface area contributed by atoms with E-state index in [0.29, 0.717) is 11.7 Å². The number of hydrogen-bond acceptors (Lipinski definition) is 2. The Kier molecular flexibility index (Phi) is 2.80. The summed E-state index contributed by atoms with van der Waals surface area (Å²) in [6, 6.07) is 7.96. The SMILES string of the molecule is COC1CC(NC(=O)c2cccc3cc[nH]c23)C1. The Morgan fingerprint density at radius 2 is 2.22 bits per heavy atom. The lowest BCUT2D eigenvalue weighted by Crippen LogP contribution is -2.47. The van der Waals surface area contributed by atoms with E-state index in [1.807, 2.05) is 30.5 Å². The lowest BCUT2D eigenvalue weighted by atomic mass is 9.89. The highest BCUT2D eigenvalue weighted by molar-refractivity contribution is 6.05. The monoisotopic (exact) mass is 244 g/mol. The molecule has 0 spiro atoms. The van der Waals surface area contributed by atoms with Gasteiger partial charge >= 0.3 is 0 Å². The van der Waals surface area contributed by atoms with Crippen molar-refractivity contribution >= 4 is 16.8 Å². The number of amides is 1. The minimum Gasteiger partial charge on any atom is -0.381 e. The van der Waals surface area contributed by atoms with E-state index in [2.05, 4.69) is 10.3 Å². The number of H-pyrrole nitrogens is 1. The molecular formula is C14H16N2O2. The van der Waals surface area contributed by atoms with Gasteiger partial charge in [-0.25, -0.2) is 0 Å². The Morgan fingerprint density at radius 1 is 1.39 bits per heavy atom. The number of carbonyl (C=O) groups is 1. The zero-order valence-electron chi connectivity index (χ0n) is 10.3. The van der Waals surface area contributed by atoms with Gasteiger partial charge in [-0.3, -0.25) is 4.79 Å². The number of rotatable bonds is 3. The van der Waals surface area contributed by atoms with E-state index < -0.39 is 0 Å². The molecule has 4 nitrogen and oxygen atoms in total. The maximum atomic E-state index is 12.2. The second-order valence-corrected chi connectivity index (χ2v) is 4.75. The topological polar surface area (TPSA) is 54.1 Å². The van der Waals surface area contributed by atoms with Crippen molar-refractivity contribution in [3.05, 3.63) is 36.0 Å². The summed E-state index contributed by atoms with van der Waals surface area (Å²) in [7, 11) is 1.71. The Labute approximate surface area is 105 Å². The number of methoxy groups -OCH3 is 1. The molecule has 2 aromatic rings. The van der Waals surface area contributed by atoms with E-state index in [1.165, 1.54) is 0 Å². The van der Waals surface area contributed by atoms with Crippen LogP contribution < -0.4 is 5.32 Å². The van der Waals surface area contributed by atoms with Crippen LogP contribution >= 0.6 is 0 Å². The number of aromatic amines is 1. The molecule has 1 aliphatic carbocycles. The van der Waals surface area contributed by atoms with Crippen LogP contribution in [0.15, 0.2) is 30.5 Å². The summed E-state index contributed by atoms with van der Waals surface area (Å²) in [5.74, 6) is -0.0115. The third-order valence-electron chi connectivity index (χ3n) is 3.60. The molecule has 0 aliphatic heterocycles. The molecule has 4 heteroatoms. The Morgan fingerprint density at radius 3 is 3.00 bits per heavy atom. The predicted molar refractivity (Wildman–Crippen MR) is 69.6 cm³/mol. The zero-order chi connectivity index (χ0) is 12.5. The molecule has 18 heavy (non-hydrogen) atoms. The number of aromatic nitrogens is 1. The quantitative estimate of drug-likeness (QED) is 0.868. The molecule has 1 aromatic heterocycles. The van der Waals surface area contributed by atoms with Crippen LogP contribution in [0.5, 0.6) is 0 Å². The highest BCUT2D eigenvalue weighted by atomic mass is 16.5. The predicted octanol–water partition coefficient (Wildman–Crippen LogP) is 2.08. The number of fused-ring (bicyclic) bond motifs is 1. The molecule has 1 aliphatic rings. The van der Waals surface area contributed by atoms with Crippen LogP contribution in [0.3, 0.4) is 0 Å². The van der Waals surface area contributed by atoms with Gasteiger partial charge in [0.05, 0.1) is 17.2 Å². The highest BCUT2D eigenvalue weighted by Crippen LogP contribution is 2.23. The Bertz CT molecular complexity index is 570. The minimum atomic E-state index is -0.0115. The average molecular weight is 244 g/mol. The molecule has 1 amide bonds. The number of para-hydroxylation sites is 1. The van der Waals surface area contributed by atoms with Crippen molar-refractivity contribution in [3.63, 3.8) is 0 Å². The summed E-state index contributed by atoms with van der Waals surface area (Å²) in [4.78, 5) is 15.3. The molecule has 94 valence electrons. The van der Waals surface area contributed by atoms with Gasteiger partial charge in [0.1, 0.15) is 0 Å². The van der Waals surface area contributed by atoms with Crippen LogP contribution in [0.2, 0.25) is 0 Å². The first-order valence-electron chi connectivity index (χ1n) is 6.17. The van der Waals surface area contributed by atoms with E-state index in [-0.39, 0.29) is 11.9 Å². The van der Waals surface area contributed by atoms with E-state index in [4.69, 9.17) is 4.74 Å². The number of hydrogen-bond donors (Lipinski definition) is 2. The van der Waals surface area contributed by atoms with Crippen molar-refractivity contribution in [3.8, 4) is 0 Å². The first-order chi connectivity index (χ1) is 8.78. The van der Waals surface area contributed by atoms with Crippen LogP contribution in [0.25, 0.3) is 10.9 Å². The lowest BCUT2D eigenvalue weighted by molar-refractivity contribution is 0.0176. The van der Waals surface area contributed by atoms with Crippen molar-refractivity contribution in [1.29, 1.82) is 0 Å². The fourth-order valence-corrected chi connectivity index (χ4v) is 2.41.